The van der Waals surface area contributed by atoms with Gasteiger partial charge in [0.1, 0.15) is 0 Å². The molecule has 1 N–H and O–H groups in total. The van der Waals surface area contributed by atoms with Crippen molar-refractivity contribution < 1.29 is 4.92 Å². The van der Waals surface area contributed by atoms with Gasteiger partial charge in [0.05, 0.1) is 4.92 Å². The molecule has 0 radical (unpaired) electrons. The van der Waals surface area contributed by atoms with E-state index in [2.05, 4.69) is 19.2 Å². The summed E-state index contributed by atoms with van der Waals surface area (Å²) in [5.41, 5.74) is 1.21. The van der Waals surface area contributed by atoms with Crippen LogP contribution in [0.1, 0.15) is 25.8 Å². The van der Waals surface area contributed by atoms with Crippen molar-refractivity contribution in [2.24, 2.45) is 0 Å². The van der Waals surface area contributed by atoms with Gasteiger partial charge in [-0.15, -0.1) is 0 Å². The highest BCUT2D eigenvalue weighted by molar-refractivity contribution is 5.32. The molecule has 1 unspecified atom stereocenters. The fourth-order valence-corrected chi connectivity index (χ4v) is 1.17. The maximum atomic E-state index is 10.4. The topological polar surface area (TPSA) is 55.2 Å². The summed E-state index contributed by atoms with van der Waals surface area (Å²) in [6.45, 7) is 4.99. The van der Waals surface area contributed by atoms with E-state index in [4.69, 9.17) is 0 Å². The van der Waals surface area contributed by atoms with Crippen LogP contribution in [0.15, 0.2) is 24.3 Å². The molecular weight excluding hydrogens is 192 g/mol. The van der Waals surface area contributed by atoms with E-state index in [0.717, 1.165) is 18.5 Å². The lowest BCUT2D eigenvalue weighted by atomic mass is 10.2. The van der Waals surface area contributed by atoms with Crippen molar-refractivity contribution in [1.29, 1.82) is 0 Å². The monoisotopic (exact) mass is 208 g/mol. The average Bonchev–Trinajstić information content (AvgIpc) is 2.26. The third-order valence-corrected chi connectivity index (χ3v) is 2.41. The lowest BCUT2D eigenvalue weighted by Crippen LogP contribution is -2.24. The quantitative estimate of drug-likeness (QED) is 0.597. The predicted octanol–water partition coefficient (Wildman–Crippen LogP) is 2.48. The van der Waals surface area contributed by atoms with Gasteiger partial charge in [0.2, 0.25) is 0 Å². The van der Waals surface area contributed by atoms with E-state index in [1.807, 2.05) is 0 Å². The number of hydrogen-bond acceptors (Lipinski definition) is 3. The molecule has 0 spiro atoms. The Morgan fingerprint density at radius 2 is 2.00 bits per heavy atom. The minimum absolute atomic E-state index is 0.141. The van der Waals surface area contributed by atoms with Crippen molar-refractivity contribution in [3.8, 4) is 0 Å². The predicted molar refractivity (Wildman–Crippen MR) is 59.7 cm³/mol. The van der Waals surface area contributed by atoms with Crippen molar-refractivity contribution in [2.45, 2.75) is 32.9 Å². The number of nitro benzene ring substituents is 1. The van der Waals surface area contributed by atoms with Crippen LogP contribution in [0.25, 0.3) is 0 Å². The van der Waals surface area contributed by atoms with Gasteiger partial charge in [0.25, 0.3) is 5.69 Å². The fourth-order valence-electron chi connectivity index (χ4n) is 1.17. The van der Waals surface area contributed by atoms with Crippen LogP contribution in [0.2, 0.25) is 0 Å². The number of nitrogens with zero attached hydrogens (tertiary/aromatic N) is 1. The van der Waals surface area contributed by atoms with Crippen LogP contribution < -0.4 is 5.32 Å². The van der Waals surface area contributed by atoms with Gasteiger partial charge in [0.15, 0.2) is 0 Å². The van der Waals surface area contributed by atoms with E-state index in [-0.39, 0.29) is 10.6 Å². The molecule has 1 aromatic carbocycles. The second-order valence-electron chi connectivity index (χ2n) is 3.61. The molecule has 0 saturated carbocycles. The SMILES string of the molecule is CCC(C)NCc1ccc([N+](=O)[O-])cc1. The number of nitro groups is 1. The van der Waals surface area contributed by atoms with Crippen molar-refractivity contribution in [1.82, 2.24) is 5.32 Å². The molecule has 4 nitrogen and oxygen atoms in total. The molecule has 82 valence electrons. The van der Waals surface area contributed by atoms with Crippen molar-refractivity contribution in [3.63, 3.8) is 0 Å². The Labute approximate surface area is 89.5 Å². The molecule has 0 aromatic heterocycles. The third-order valence-electron chi connectivity index (χ3n) is 2.41. The smallest absolute Gasteiger partial charge is 0.269 e. The molecular formula is C11H16N2O2. The van der Waals surface area contributed by atoms with Gasteiger partial charge >= 0.3 is 0 Å². The van der Waals surface area contributed by atoms with Crippen LogP contribution in [0.5, 0.6) is 0 Å². The largest absolute Gasteiger partial charge is 0.310 e. The first kappa shape index (κ1) is 11.7. The first-order valence-electron chi connectivity index (χ1n) is 5.10. The highest BCUT2D eigenvalue weighted by Gasteiger charge is 2.04. The van der Waals surface area contributed by atoms with Gasteiger partial charge in [-0.05, 0) is 18.9 Å². The van der Waals surface area contributed by atoms with Crippen LogP contribution in [0.3, 0.4) is 0 Å². The summed E-state index contributed by atoms with van der Waals surface area (Å²) in [6.07, 6.45) is 1.08. The Morgan fingerprint density at radius 1 is 1.40 bits per heavy atom. The zero-order valence-corrected chi connectivity index (χ0v) is 9.06. The Morgan fingerprint density at radius 3 is 2.47 bits per heavy atom. The van der Waals surface area contributed by atoms with E-state index < -0.39 is 0 Å². The summed E-state index contributed by atoms with van der Waals surface area (Å²) in [4.78, 5) is 10.0. The first-order valence-corrected chi connectivity index (χ1v) is 5.10. The van der Waals surface area contributed by atoms with Crippen LogP contribution in [-0.4, -0.2) is 11.0 Å². The Hall–Kier alpha value is -1.42. The van der Waals surface area contributed by atoms with Crippen molar-refractivity contribution in [2.75, 3.05) is 0 Å². The molecule has 1 atom stereocenters. The van der Waals surface area contributed by atoms with Gasteiger partial charge in [0, 0.05) is 24.7 Å². The van der Waals surface area contributed by atoms with E-state index in [1.54, 1.807) is 12.1 Å². The molecule has 0 amide bonds. The van der Waals surface area contributed by atoms with E-state index >= 15 is 0 Å². The maximum absolute atomic E-state index is 10.4. The molecule has 0 aliphatic heterocycles. The second kappa shape index (κ2) is 5.46. The van der Waals surface area contributed by atoms with Crippen LogP contribution in [0.4, 0.5) is 5.69 Å². The summed E-state index contributed by atoms with van der Waals surface area (Å²) < 4.78 is 0. The van der Waals surface area contributed by atoms with Gasteiger partial charge in [-0.2, -0.15) is 0 Å². The van der Waals surface area contributed by atoms with Crippen molar-refractivity contribution in [3.05, 3.63) is 39.9 Å². The molecule has 4 heteroatoms. The molecule has 0 heterocycles. The highest BCUT2D eigenvalue weighted by Crippen LogP contribution is 2.11. The molecule has 0 saturated heterocycles. The molecule has 0 aliphatic rings. The van der Waals surface area contributed by atoms with Gasteiger partial charge < -0.3 is 5.32 Å². The molecule has 0 aliphatic carbocycles. The Kier molecular flexibility index (Phi) is 4.24. The highest BCUT2D eigenvalue weighted by atomic mass is 16.6. The summed E-state index contributed by atoms with van der Waals surface area (Å²) in [6, 6.07) is 7.11. The third kappa shape index (κ3) is 3.67. The normalized spacial score (nSPS) is 12.4. The van der Waals surface area contributed by atoms with Gasteiger partial charge in [-0.3, -0.25) is 10.1 Å². The fraction of sp³-hybridized carbons (Fsp3) is 0.455. The number of hydrogen-bond donors (Lipinski definition) is 1. The second-order valence-corrected chi connectivity index (χ2v) is 3.61. The summed E-state index contributed by atoms with van der Waals surface area (Å²) in [5.74, 6) is 0. The molecule has 1 rings (SSSR count). The average molecular weight is 208 g/mol. The minimum atomic E-state index is -0.383. The number of benzene rings is 1. The molecule has 1 aromatic rings. The number of rotatable bonds is 5. The summed E-state index contributed by atoms with van der Waals surface area (Å²) in [7, 11) is 0. The molecule has 0 bridgehead atoms. The number of nitrogens with one attached hydrogen (secondary N) is 1. The van der Waals surface area contributed by atoms with Crippen LogP contribution in [0, 0.1) is 10.1 Å². The Balaban J connectivity index is 2.53. The number of non-ortho nitro benzene ring substituents is 1. The first-order chi connectivity index (χ1) is 7.13. The van der Waals surface area contributed by atoms with Crippen LogP contribution in [-0.2, 0) is 6.54 Å². The van der Waals surface area contributed by atoms with Gasteiger partial charge in [-0.1, -0.05) is 19.1 Å². The zero-order chi connectivity index (χ0) is 11.3. The summed E-state index contributed by atoms with van der Waals surface area (Å²) in [5, 5.41) is 13.7. The summed E-state index contributed by atoms with van der Waals surface area (Å²) >= 11 is 0. The van der Waals surface area contributed by atoms with E-state index in [0.29, 0.717) is 6.04 Å². The van der Waals surface area contributed by atoms with Crippen LogP contribution >= 0.6 is 0 Å². The zero-order valence-electron chi connectivity index (χ0n) is 9.06. The Bertz CT molecular complexity index is 322. The molecule has 15 heavy (non-hydrogen) atoms. The van der Waals surface area contributed by atoms with Crippen molar-refractivity contribution >= 4 is 5.69 Å². The minimum Gasteiger partial charge on any atom is -0.310 e. The van der Waals surface area contributed by atoms with E-state index in [9.17, 15) is 10.1 Å². The lowest BCUT2D eigenvalue weighted by molar-refractivity contribution is -0.384. The van der Waals surface area contributed by atoms with E-state index in [1.165, 1.54) is 12.1 Å². The lowest BCUT2D eigenvalue weighted by Gasteiger charge is -2.10. The maximum Gasteiger partial charge on any atom is 0.269 e. The van der Waals surface area contributed by atoms with Gasteiger partial charge in [-0.25, -0.2) is 0 Å². The molecule has 0 fully saturated rings. The standard InChI is InChI=1S/C11H16N2O2/c1-3-9(2)12-8-10-4-6-11(7-5-10)13(14)15/h4-7,9,12H,3,8H2,1-2H3.